The van der Waals surface area contributed by atoms with Crippen molar-refractivity contribution in [2.75, 3.05) is 25.9 Å². The van der Waals surface area contributed by atoms with Gasteiger partial charge in [0.2, 0.25) is 5.95 Å². The molecule has 2 N–H and O–H groups in total. The van der Waals surface area contributed by atoms with Gasteiger partial charge in [-0.25, -0.2) is 9.37 Å². The number of nitrogen functional groups attached to an aromatic ring is 1. The first-order chi connectivity index (χ1) is 10.1. The summed E-state index contributed by atoms with van der Waals surface area (Å²) >= 11 is 0. The highest BCUT2D eigenvalue weighted by molar-refractivity contribution is 5.80. The number of likely N-dealkylation sites (N-methyl/N-ethyl adjacent to an activating group) is 1. The molecule has 1 aromatic carbocycles. The fourth-order valence-electron chi connectivity index (χ4n) is 3.22. The van der Waals surface area contributed by atoms with Crippen molar-refractivity contribution in [3.05, 3.63) is 17.9 Å². The number of likely N-dealkylation sites (tertiary alicyclic amines) is 1. The Morgan fingerprint density at radius 1 is 1.48 bits per heavy atom. The molecule has 1 saturated heterocycles. The van der Waals surface area contributed by atoms with Gasteiger partial charge in [0.1, 0.15) is 0 Å². The molecule has 0 radical (unpaired) electrons. The fourth-order valence-corrected chi connectivity index (χ4v) is 3.22. The van der Waals surface area contributed by atoms with Crippen molar-refractivity contribution >= 4 is 17.0 Å². The van der Waals surface area contributed by atoms with Crippen molar-refractivity contribution in [1.29, 1.82) is 0 Å². The normalized spacial score (nSPS) is 19.5. The minimum atomic E-state index is -0.411. The molecular weight excluding hydrogens is 271 g/mol. The quantitative estimate of drug-likeness (QED) is 0.939. The Hall–Kier alpha value is -1.82. The van der Waals surface area contributed by atoms with Crippen LogP contribution in [-0.4, -0.2) is 40.7 Å². The third-order valence-electron chi connectivity index (χ3n) is 4.35. The highest BCUT2D eigenvalue weighted by Gasteiger charge is 2.25. The highest BCUT2D eigenvalue weighted by Crippen LogP contribution is 2.28. The molecule has 2 heterocycles. The van der Waals surface area contributed by atoms with Crippen LogP contribution in [0.4, 0.5) is 10.3 Å². The largest absolute Gasteiger partial charge is 0.494 e. The molecule has 6 heteroatoms. The molecule has 1 fully saturated rings. The number of nitrogens with two attached hydrogens (primary N) is 1. The molecule has 0 bridgehead atoms. The van der Waals surface area contributed by atoms with E-state index in [2.05, 4.69) is 16.8 Å². The molecule has 0 aliphatic carbocycles. The molecule has 1 aromatic heterocycles. The van der Waals surface area contributed by atoms with Crippen LogP contribution in [0.3, 0.4) is 0 Å². The molecule has 0 spiro atoms. The Morgan fingerprint density at radius 2 is 2.29 bits per heavy atom. The van der Waals surface area contributed by atoms with Crippen molar-refractivity contribution in [2.45, 2.75) is 32.4 Å². The van der Waals surface area contributed by atoms with Gasteiger partial charge >= 0.3 is 0 Å². The van der Waals surface area contributed by atoms with E-state index in [9.17, 15) is 4.39 Å². The second kappa shape index (κ2) is 5.52. The molecule has 2 aromatic rings. The average molecular weight is 292 g/mol. The number of imidazole rings is 1. The third-order valence-corrected chi connectivity index (χ3v) is 4.35. The van der Waals surface area contributed by atoms with Crippen LogP contribution in [0.5, 0.6) is 5.75 Å². The lowest BCUT2D eigenvalue weighted by Crippen LogP contribution is -2.33. The highest BCUT2D eigenvalue weighted by atomic mass is 19.1. The lowest BCUT2D eigenvalue weighted by Gasteiger charge is -2.23. The molecule has 5 nitrogen and oxygen atoms in total. The number of methoxy groups -OCH3 is 1. The molecule has 1 unspecified atom stereocenters. The fraction of sp³-hybridized carbons (Fsp3) is 0.533. The van der Waals surface area contributed by atoms with Gasteiger partial charge < -0.3 is 15.0 Å². The SMILES string of the molecule is CCN1CCCC1Cn1c(N)nc2cc(F)c(OC)cc21. The predicted octanol–water partition coefficient (Wildman–Crippen LogP) is 2.25. The average Bonchev–Trinajstić information content (AvgIpc) is 3.03. The van der Waals surface area contributed by atoms with E-state index in [1.54, 1.807) is 6.07 Å². The number of nitrogens with zero attached hydrogens (tertiary/aromatic N) is 3. The lowest BCUT2D eigenvalue weighted by atomic mass is 10.2. The molecule has 114 valence electrons. The van der Waals surface area contributed by atoms with E-state index < -0.39 is 5.82 Å². The Morgan fingerprint density at radius 3 is 3.00 bits per heavy atom. The van der Waals surface area contributed by atoms with E-state index in [-0.39, 0.29) is 5.75 Å². The second-order valence-electron chi connectivity index (χ2n) is 5.48. The zero-order valence-electron chi connectivity index (χ0n) is 12.5. The summed E-state index contributed by atoms with van der Waals surface area (Å²) in [7, 11) is 1.46. The third kappa shape index (κ3) is 2.44. The van der Waals surface area contributed by atoms with Crippen LogP contribution in [0, 0.1) is 5.82 Å². The van der Waals surface area contributed by atoms with Gasteiger partial charge in [-0.3, -0.25) is 4.90 Å². The van der Waals surface area contributed by atoms with Crippen LogP contribution in [0.1, 0.15) is 19.8 Å². The van der Waals surface area contributed by atoms with E-state index in [4.69, 9.17) is 10.5 Å². The molecule has 1 aliphatic rings. The zero-order chi connectivity index (χ0) is 15.0. The van der Waals surface area contributed by atoms with E-state index in [0.29, 0.717) is 17.5 Å². The molecule has 0 amide bonds. The molecule has 0 saturated carbocycles. The van der Waals surface area contributed by atoms with Crippen molar-refractivity contribution < 1.29 is 9.13 Å². The number of rotatable bonds is 4. The Balaban J connectivity index is 1.99. The van der Waals surface area contributed by atoms with Crippen molar-refractivity contribution in [3.8, 4) is 5.75 Å². The van der Waals surface area contributed by atoms with E-state index >= 15 is 0 Å². The molecule has 3 rings (SSSR count). The van der Waals surface area contributed by atoms with Gasteiger partial charge in [-0.1, -0.05) is 6.92 Å². The monoisotopic (exact) mass is 292 g/mol. The summed E-state index contributed by atoms with van der Waals surface area (Å²) in [5.74, 6) is 0.244. The molecule has 1 atom stereocenters. The van der Waals surface area contributed by atoms with Crippen molar-refractivity contribution in [2.24, 2.45) is 0 Å². The number of hydrogen-bond donors (Lipinski definition) is 1. The Kier molecular flexibility index (Phi) is 3.71. The summed E-state index contributed by atoms with van der Waals surface area (Å²) in [5, 5.41) is 0. The minimum Gasteiger partial charge on any atom is -0.494 e. The van der Waals surface area contributed by atoms with Crippen LogP contribution in [0.15, 0.2) is 12.1 Å². The smallest absolute Gasteiger partial charge is 0.201 e. The zero-order valence-corrected chi connectivity index (χ0v) is 12.5. The van der Waals surface area contributed by atoms with Gasteiger partial charge in [-0.05, 0) is 25.9 Å². The second-order valence-corrected chi connectivity index (χ2v) is 5.48. The first kappa shape index (κ1) is 14.1. The van der Waals surface area contributed by atoms with Gasteiger partial charge in [0.15, 0.2) is 11.6 Å². The number of anilines is 1. The van der Waals surface area contributed by atoms with Crippen LogP contribution < -0.4 is 10.5 Å². The van der Waals surface area contributed by atoms with E-state index in [0.717, 1.165) is 31.6 Å². The Labute approximate surface area is 123 Å². The van der Waals surface area contributed by atoms with Gasteiger partial charge in [-0.2, -0.15) is 0 Å². The van der Waals surface area contributed by atoms with E-state index in [1.165, 1.54) is 19.6 Å². The maximum Gasteiger partial charge on any atom is 0.201 e. The number of fused-ring (bicyclic) bond motifs is 1. The summed E-state index contributed by atoms with van der Waals surface area (Å²) in [5.41, 5.74) is 7.43. The number of hydrogen-bond acceptors (Lipinski definition) is 4. The van der Waals surface area contributed by atoms with Crippen LogP contribution in [0.2, 0.25) is 0 Å². The van der Waals surface area contributed by atoms with E-state index in [1.807, 2.05) is 4.57 Å². The van der Waals surface area contributed by atoms with Crippen molar-refractivity contribution in [1.82, 2.24) is 14.5 Å². The lowest BCUT2D eigenvalue weighted by molar-refractivity contribution is 0.246. The number of benzene rings is 1. The van der Waals surface area contributed by atoms with Crippen LogP contribution in [0.25, 0.3) is 11.0 Å². The van der Waals surface area contributed by atoms with Gasteiger partial charge in [0.05, 0.1) is 18.1 Å². The molecule has 1 aliphatic heterocycles. The van der Waals surface area contributed by atoms with Crippen LogP contribution in [-0.2, 0) is 6.54 Å². The molecule has 21 heavy (non-hydrogen) atoms. The first-order valence-corrected chi connectivity index (χ1v) is 7.37. The number of halogens is 1. The minimum absolute atomic E-state index is 0.224. The van der Waals surface area contributed by atoms with Gasteiger partial charge in [0.25, 0.3) is 0 Å². The first-order valence-electron chi connectivity index (χ1n) is 7.37. The van der Waals surface area contributed by atoms with Crippen LogP contribution >= 0.6 is 0 Å². The summed E-state index contributed by atoms with van der Waals surface area (Å²) in [6, 6.07) is 3.53. The summed E-state index contributed by atoms with van der Waals surface area (Å²) in [4.78, 5) is 6.72. The van der Waals surface area contributed by atoms with Crippen molar-refractivity contribution in [3.63, 3.8) is 0 Å². The Bertz CT molecular complexity index is 655. The maximum atomic E-state index is 13.8. The maximum absolute atomic E-state index is 13.8. The topological polar surface area (TPSA) is 56.3 Å². The summed E-state index contributed by atoms with van der Waals surface area (Å²) in [6.07, 6.45) is 2.37. The van der Waals surface area contributed by atoms with Gasteiger partial charge in [-0.15, -0.1) is 0 Å². The predicted molar refractivity (Wildman–Crippen MR) is 80.9 cm³/mol. The number of aromatic nitrogens is 2. The summed E-state index contributed by atoms with van der Waals surface area (Å²) < 4.78 is 20.8. The summed E-state index contributed by atoms with van der Waals surface area (Å²) in [6.45, 7) is 5.12. The number of ether oxygens (including phenoxy) is 1. The van der Waals surface area contributed by atoms with Gasteiger partial charge in [0, 0.05) is 24.7 Å². The standard InChI is InChI=1S/C15H21FN4O/c1-3-19-6-4-5-10(19)9-20-13-8-14(21-2)11(16)7-12(13)18-15(20)17/h7-8,10H,3-6,9H2,1-2H3,(H2,17,18). The molecular formula is C15H21FN4O.